The molecular formula is C16H18BrN3. The molecule has 3 rings (SSSR count). The lowest BCUT2D eigenvalue weighted by Gasteiger charge is -2.21. The minimum absolute atomic E-state index is 0.0983. The minimum Gasteiger partial charge on any atom is -0.324 e. The summed E-state index contributed by atoms with van der Waals surface area (Å²) < 4.78 is 1.15. The summed E-state index contributed by atoms with van der Waals surface area (Å²) in [5.41, 5.74) is 11.8. The van der Waals surface area contributed by atoms with Gasteiger partial charge in [-0.25, -0.2) is 9.97 Å². The van der Waals surface area contributed by atoms with Crippen LogP contribution in [0.2, 0.25) is 0 Å². The SMILES string of the molecule is Cc1cc(-c2ncc3c(n2)CCCC3N)cc(C)c1Br. The van der Waals surface area contributed by atoms with E-state index in [1.54, 1.807) is 0 Å². The normalized spacial score (nSPS) is 17.9. The number of nitrogens with two attached hydrogens (primary N) is 1. The maximum absolute atomic E-state index is 6.12. The first kappa shape index (κ1) is 13.7. The standard InChI is InChI=1S/C16H18BrN3/c1-9-6-11(7-10(2)15(9)17)16-19-8-12-13(18)4-3-5-14(12)20-16/h6-8,13H,3-5,18H2,1-2H3. The number of aromatic nitrogens is 2. The van der Waals surface area contributed by atoms with Crippen molar-refractivity contribution in [1.29, 1.82) is 0 Å². The first-order valence-electron chi connectivity index (χ1n) is 6.95. The van der Waals surface area contributed by atoms with E-state index in [9.17, 15) is 0 Å². The molecule has 1 aliphatic carbocycles. The molecule has 1 aromatic heterocycles. The van der Waals surface area contributed by atoms with E-state index in [4.69, 9.17) is 10.7 Å². The molecule has 2 N–H and O–H groups in total. The fourth-order valence-electron chi connectivity index (χ4n) is 2.80. The highest BCUT2D eigenvalue weighted by atomic mass is 79.9. The van der Waals surface area contributed by atoms with Gasteiger partial charge in [-0.3, -0.25) is 0 Å². The largest absolute Gasteiger partial charge is 0.324 e. The third kappa shape index (κ3) is 2.38. The van der Waals surface area contributed by atoms with Gasteiger partial charge < -0.3 is 5.73 Å². The lowest BCUT2D eigenvalue weighted by Crippen LogP contribution is -2.19. The molecule has 0 radical (unpaired) electrons. The topological polar surface area (TPSA) is 51.8 Å². The number of halogens is 1. The molecule has 1 aromatic carbocycles. The molecule has 1 unspecified atom stereocenters. The molecule has 0 fully saturated rings. The number of hydrogen-bond donors (Lipinski definition) is 1. The summed E-state index contributed by atoms with van der Waals surface area (Å²) in [5.74, 6) is 0.802. The van der Waals surface area contributed by atoms with Crippen molar-refractivity contribution in [3.05, 3.63) is 45.2 Å². The Bertz CT molecular complexity index is 644. The van der Waals surface area contributed by atoms with Crippen LogP contribution in [0.5, 0.6) is 0 Å². The van der Waals surface area contributed by atoms with Crippen LogP contribution in [0.1, 0.15) is 41.3 Å². The fraction of sp³-hybridized carbons (Fsp3) is 0.375. The van der Waals surface area contributed by atoms with E-state index in [1.807, 2.05) is 6.20 Å². The van der Waals surface area contributed by atoms with Gasteiger partial charge in [0.15, 0.2) is 5.82 Å². The smallest absolute Gasteiger partial charge is 0.159 e. The molecule has 0 bridgehead atoms. The molecule has 0 amide bonds. The molecule has 3 nitrogen and oxygen atoms in total. The van der Waals surface area contributed by atoms with Crippen molar-refractivity contribution in [2.45, 2.75) is 39.2 Å². The van der Waals surface area contributed by atoms with Gasteiger partial charge in [0, 0.05) is 33.5 Å². The summed E-state index contributed by atoms with van der Waals surface area (Å²) in [5, 5.41) is 0. The van der Waals surface area contributed by atoms with Crippen LogP contribution in [0.3, 0.4) is 0 Å². The van der Waals surface area contributed by atoms with Gasteiger partial charge in [0.1, 0.15) is 0 Å². The highest BCUT2D eigenvalue weighted by molar-refractivity contribution is 9.10. The van der Waals surface area contributed by atoms with E-state index in [2.05, 4.69) is 46.9 Å². The molecule has 4 heteroatoms. The van der Waals surface area contributed by atoms with Crippen molar-refractivity contribution in [1.82, 2.24) is 9.97 Å². The van der Waals surface area contributed by atoms with Gasteiger partial charge in [0.05, 0.1) is 0 Å². The summed E-state index contributed by atoms with van der Waals surface area (Å²) in [6, 6.07) is 4.35. The van der Waals surface area contributed by atoms with Crippen molar-refractivity contribution in [2.75, 3.05) is 0 Å². The average Bonchev–Trinajstić information content (AvgIpc) is 2.44. The Kier molecular flexibility index (Phi) is 3.61. The molecule has 104 valence electrons. The van der Waals surface area contributed by atoms with Crippen LogP contribution in [0.15, 0.2) is 22.8 Å². The lowest BCUT2D eigenvalue weighted by atomic mass is 9.93. The maximum atomic E-state index is 6.12. The molecule has 0 saturated heterocycles. The van der Waals surface area contributed by atoms with E-state index < -0.39 is 0 Å². The van der Waals surface area contributed by atoms with Gasteiger partial charge in [-0.1, -0.05) is 15.9 Å². The molecular weight excluding hydrogens is 314 g/mol. The van der Waals surface area contributed by atoms with Gasteiger partial charge in [-0.15, -0.1) is 0 Å². The van der Waals surface area contributed by atoms with E-state index in [0.29, 0.717) is 0 Å². The van der Waals surface area contributed by atoms with Gasteiger partial charge in [0.2, 0.25) is 0 Å². The average molecular weight is 332 g/mol. The summed E-state index contributed by atoms with van der Waals surface area (Å²) in [7, 11) is 0. The molecule has 1 atom stereocenters. The van der Waals surface area contributed by atoms with Crippen molar-refractivity contribution in [3.63, 3.8) is 0 Å². The summed E-state index contributed by atoms with van der Waals surface area (Å²) in [4.78, 5) is 9.26. The second kappa shape index (κ2) is 5.26. The predicted molar refractivity (Wildman–Crippen MR) is 84.5 cm³/mol. The fourth-order valence-corrected chi connectivity index (χ4v) is 3.02. The Morgan fingerprint density at radius 1 is 1.25 bits per heavy atom. The second-order valence-corrected chi connectivity index (χ2v) is 6.31. The van der Waals surface area contributed by atoms with Crippen molar-refractivity contribution in [3.8, 4) is 11.4 Å². The van der Waals surface area contributed by atoms with E-state index >= 15 is 0 Å². The summed E-state index contributed by atoms with van der Waals surface area (Å²) in [6.45, 7) is 4.18. The second-order valence-electron chi connectivity index (χ2n) is 5.52. The Labute approximate surface area is 127 Å². The van der Waals surface area contributed by atoms with Crippen LogP contribution in [-0.2, 0) is 6.42 Å². The molecule has 1 heterocycles. The zero-order valence-electron chi connectivity index (χ0n) is 11.8. The first-order chi connectivity index (χ1) is 9.56. The Hall–Kier alpha value is -1.26. The van der Waals surface area contributed by atoms with Crippen molar-refractivity contribution < 1.29 is 0 Å². The predicted octanol–water partition coefficient (Wildman–Crippen LogP) is 3.86. The van der Waals surface area contributed by atoms with Crippen LogP contribution in [-0.4, -0.2) is 9.97 Å². The number of fused-ring (bicyclic) bond motifs is 1. The van der Waals surface area contributed by atoms with E-state index in [1.165, 1.54) is 11.1 Å². The first-order valence-corrected chi connectivity index (χ1v) is 7.74. The van der Waals surface area contributed by atoms with Gasteiger partial charge in [0.25, 0.3) is 0 Å². The minimum atomic E-state index is 0.0983. The number of rotatable bonds is 1. The Morgan fingerprint density at radius 2 is 1.95 bits per heavy atom. The molecule has 2 aromatic rings. The molecule has 0 saturated carbocycles. The van der Waals surface area contributed by atoms with Crippen LogP contribution in [0.4, 0.5) is 0 Å². The van der Waals surface area contributed by atoms with Crippen LogP contribution < -0.4 is 5.73 Å². The van der Waals surface area contributed by atoms with Crippen molar-refractivity contribution in [2.24, 2.45) is 5.73 Å². The van der Waals surface area contributed by atoms with Crippen LogP contribution in [0.25, 0.3) is 11.4 Å². The number of hydrogen-bond acceptors (Lipinski definition) is 3. The van der Waals surface area contributed by atoms with Crippen LogP contribution in [0, 0.1) is 13.8 Å². The summed E-state index contributed by atoms with van der Waals surface area (Å²) in [6.07, 6.45) is 5.07. The molecule has 20 heavy (non-hydrogen) atoms. The molecule has 0 aliphatic heterocycles. The summed E-state index contributed by atoms with van der Waals surface area (Å²) >= 11 is 3.60. The van der Waals surface area contributed by atoms with Crippen LogP contribution >= 0.6 is 15.9 Å². The van der Waals surface area contributed by atoms with E-state index in [0.717, 1.165) is 46.4 Å². The third-order valence-electron chi connectivity index (χ3n) is 3.92. The highest BCUT2D eigenvalue weighted by Gasteiger charge is 2.19. The number of benzene rings is 1. The monoisotopic (exact) mass is 331 g/mol. The molecule has 1 aliphatic rings. The van der Waals surface area contributed by atoms with Gasteiger partial charge >= 0.3 is 0 Å². The molecule has 0 spiro atoms. The lowest BCUT2D eigenvalue weighted by molar-refractivity contribution is 0.557. The van der Waals surface area contributed by atoms with Crippen molar-refractivity contribution >= 4 is 15.9 Å². The zero-order chi connectivity index (χ0) is 14.3. The highest BCUT2D eigenvalue weighted by Crippen LogP contribution is 2.30. The Morgan fingerprint density at radius 3 is 2.65 bits per heavy atom. The number of nitrogens with zero attached hydrogens (tertiary/aromatic N) is 2. The number of aryl methyl sites for hydroxylation is 3. The van der Waals surface area contributed by atoms with Gasteiger partial charge in [-0.05, 0) is 56.4 Å². The quantitative estimate of drug-likeness (QED) is 0.863. The third-order valence-corrected chi connectivity index (χ3v) is 5.17. The zero-order valence-corrected chi connectivity index (χ0v) is 13.4. The van der Waals surface area contributed by atoms with Gasteiger partial charge in [-0.2, -0.15) is 0 Å². The maximum Gasteiger partial charge on any atom is 0.159 e. The van der Waals surface area contributed by atoms with E-state index in [-0.39, 0.29) is 6.04 Å². The Balaban J connectivity index is 2.07.